The number of nitrogens with one attached hydrogen (secondary N) is 1. The van der Waals surface area contributed by atoms with Gasteiger partial charge in [-0.3, -0.25) is 0 Å². The summed E-state index contributed by atoms with van der Waals surface area (Å²) in [6.07, 6.45) is 6.34. The fourth-order valence-electron chi connectivity index (χ4n) is 3.02. The molecule has 0 bridgehead atoms. The molecule has 1 aliphatic heterocycles. The van der Waals surface area contributed by atoms with Gasteiger partial charge in [-0.1, -0.05) is 24.3 Å². The van der Waals surface area contributed by atoms with Gasteiger partial charge in [-0.2, -0.15) is 0 Å². The van der Waals surface area contributed by atoms with Crippen molar-refractivity contribution < 1.29 is 0 Å². The Kier molecular flexibility index (Phi) is 3.38. The number of rotatable bonds is 2. The second-order valence-corrected chi connectivity index (χ2v) is 5.53. The van der Waals surface area contributed by atoms with Crippen LogP contribution < -0.4 is 5.32 Å². The Balaban J connectivity index is 1.96. The lowest BCUT2D eigenvalue weighted by Crippen LogP contribution is -2.36. The molecule has 2 atom stereocenters. The van der Waals surface area contributed by atoms with Crippen LogP contribution in [0.1, 0.15) is 31.4 Å². The zero-order valence-corrected chi connectivity index (χ0v) is 11.6. The van der Waals surface area contributed by atoms with Gasteiger partial charge in [0.1, 0.15) is 0 Å². The first-order valence-corrected chi connectivity index (χ1v) is 7.07. The average molecular weight is 255 g/mol. The Morgan fingerprint density at radius 1 is 1.32 bits per heavy atom. The fraction of sp³-hybridized carbons (Fsp3) is 0.438. The minimum absolute atomic E-state index is 0.563. The lowest BCUT2D eigenvalue weighted by molar-refractivity contribution is 0.315. The van der Waals surface area contributed by atoms with Crippen LogP contribution in [-0.2, 0) is 0 Å². The number of piperidine rings is 1. The van der Waals surface area contributed by atoms with Gasteiger partial charge in [-0.05, 0) is 38.8 Å². The lowest BCUT2D eigenvalue weighted by Gasteiger charge is -2.30. The summed E-state index contributed by atoms with van der Waals surface area (Å²) in [6, 6.07) is 9.70. The van der Waals surface area contributed by atoms with E-state index in [-0.39, 0.29) is 0 Å². The van der Waals surface area contributed by atoms with Crippen LogP contribution in [0.15, 0.2) is 36.8 Å². The molecule has 1 aromatic carbocycles. The second kappa shape index (κ2) is 5.17. The Labute approximate surface area is 114 Å². The highest BCUT2D eigenvalue weighted by molar-refractivity contribution is 5.63. The van der Waals surface area contributed by atoms with Crippen LogP contribution in [0.3, 0.4) is 0 Å². The Morgan fingerprint density at radius 3 is 2.95 bits per heavy atom. The van der Waals surface area contributed by atoms with E-state index in [0.29, 0.717) is 12.1 Å². The second-order valence-electron chi connectivity index (χ2n) is 5.53. The maximum Gasteiger partial charge on any atom is 0.0953 e. The van der Waals surface area contributed by atoms with Crippen LogP contribution in [0.4, 0.5) is 0 Å². The molecule has 100 valence electrons. The van der Waals surface area contributed by atoms with Gasteiger partial charge in [-0.15, -0.1) is 0 Å². The molecule has 2 heterocycles. The third-order valence-electron chi connectivity index (χ3n) is 4.08. The number of benzene rings is 1. The van der Waals surface area contributed by atoms with E-state index in [9.17, 15) is 0 Å². The summed E-state index contributed by atoms with van der Waals surface area (Å²) >= 11 is 0. The molecular formula is C16H21N3. The van der Waals surface area contributed by atoms with Gasteiger partial charge >= 0.3 is 0 Å². The molecule has 0 spiro atoms. The molecule has 0 amide bonds. The molecule has 1 aromatic heterocycles. The standard InChI is InChI=1S/C16H21N3/c1-12-5-3-4-6-15(12)16-10-17-11-19(16)14-7-8-18-13(2)9-14/h3-6,10-11,13-14,18H,7-9H2,1-2H3. The van der Waals surface area contributed by atoms with Crippen LogP contribution >= 0.6 is 0 Å². The molecule has 3 nitrogen and oxygen atoms in total. The highest BCUT2D eigenvalue weighted by atomic mass is 15.1. The number of hydrogen-bond donors (Lipinski definition) is 1. The quantitative estimate of drug-likeness (QED) is 0.893. The van der Waals surface area contributed by atoms with E-state index in [0.717, 1.165) is 6.54 Å². The first-order chi connectivity index (χ1) is 9.25. The number of imidazole rings is 1. The Hall–Kier alpha value is -1.61. The van der Waals surface area contributed by atoms with Crippen LogP contribution in [0.5, 0.6) is 0 Å². The first-order valence-electron chi connectivity index (χ1n) is 7.07. The van der Waals surface area contributed by atoms with Gasteiger partial charge in [0.05, 0.1) is 18.2 Å². The normalized spacial score (nSPS) is 23.5. The molecule has 2 unspecified atom stereocenters. The molecule has 3 rings (SSSR count). The minimum atomic E-state index is 0.563. The number of aryl methyl sites for hydroxylation is 1. The highest BCUT2D eigenvalue weighted by Crippen LogP contribution is 2.30. The van der Waals surface area contributed by atoms with E-state index in [1.165, 1.54) is 29.7 Å². The predicted octanol–water partition coefficient (Wildman–Crippen LogP) is 3.17. The van der Waals surface area contributed by atoms with Crippen molar-refractivity contribution in [1.29, 1.82) is 0 Å². The van der Waals surface area contributed by atoms with Gasteiger partial charge < -0.3 is 9.88 Å². The van der Waals surface area contributed by atoms with Crippen molar-refractivity contribution in [3.05, 3.63) is 42.4 Å². The topological polar surface area (TPSA) is 29.9 Å². The van der Waals surface area contributed by atoms with Crippen molar-refractivity contribution in [2.24, 2.45) is 0 Å². The van der Waals surface area contributed by atoms with Gasteiger partial charge in [0.15, 0.2) is 0 Å². The van der Waals surface area contributed by atoms with E-state index in [1.807, 2.05) is 12.5 Å². The highest BCUT2D eigenvalue weighted by Gasteiger charge is 2.22. The zero-order valence-electron chi connectivity index (χ0n) is 11.6. The molecule has 2 aromatic rings. The molecule has 1 aliphatic rings. The van der Waals surface area contributed by atoms with E-state index in [4.69, 9.17) is 0 Å². The molecule has 1 N–H and O–H groups in total. The number of aromatic nitrogens is 2. The molecule has 0 aliphatic carbocycles. The average Bonchev–Trinajstić information content (AvgIpc) is 2.88. The largest absolute Gasteiger partial charge is 0.327 e. The number of nitrogens with zero attached hydrogens (tertiary/aromatic N) is 2. The first kappa shape index (κ1) is 12.4. The number of hydrogen-bond acceptors (Lipinski definition) is 2. The molecule has 0 radical (unpaired) electrons. The van der Waals surface area contributed by atoms with E-state index < -0.39 is 0 Å². The van der Waals surface area contributed by atoms with Gasteiger partial charge in [0.2, 0.25) is 0 Å². The van der Waals surface area contributed by atoms with Crippen LogP contribution in [0, 0.1) is 6.92 Å². The lowest BCUT2D eigenvalue weighted by atomic mass is 9.99. The summed E-state index contributed by atoms with van der Waals surface area (Å²) in [6.45, 7) is 5.52. The van der Waals surface area contributed by atoms with Crippen molar-refractivity contribution in [1.82, 2.24) is 14.9 Å². The van der Waals surface area contributed by atoms with Crippen molar-refractivity contribution in [3.63, 3.8) is 0 Å². The van der Waals surface area contributed by atoms with E-state index >= 15 is 0 Å². The predicted molar refractivity (Wildman–Crippen MR) is 78.1 cm³/mol. The van der Waals surface area contributed by atoms with Crippen LogP contribution in [0.2, 0.25) is 0 Å². The van der Waals surface area contributed by atoms with Gasteiger partial charge in [-0.25, -0.2) is 4.98 Å². The summed E-state index contributed by atoms with van der Waals surface area (Å²) in [4.78, 5) is 4.38. The third kappa shape index (κ3) is 2.43. The Bertz CT molecular complexity index is 559. The summed E-state index contributed by atoms with van der Waals surface area (Å²) in [7, 11) is 0. The zero-order chi connectivity index (χ0) is 13.2. The van der Waals surface area contributed by atoms with Crippen LogP contribution in [0.25, 0.3) is 11.3 Å². The van der Waals surface area contributed by atoms with E-state index in [1.54, 1.807) is 0 Å². The summed E-state index contributed by atoms with van der Waals surface area (Å²) in [5, 5.41) is 3.51. The summed E-state index contributed by atoms with van der Waals surface area (Å²) in [5.41, 5.74) is 3.86. The van der Waals surface area contributed by atoms with Crippen molar-refractivity contribution in [3.8, 4) is 11.3 Å². The minimum Gasteiger partial charge on any atom is -0.327 e. The smallest absolute Gasteiger partial charge is 0.0953 e. The van der Waals surface area contributed by atoms with Gasteiger partial charge in [0.25, 0.3) is 0 Å². The molecular weight excluding hydrogens is 234 g/mol. The van der Waals surface area contributed by atoms with Crippen molar-refractivity contribution in [2.75, 3.05) is 6.54 Å². The molecule has 19 heavy (non-hydrogen) atoms. The molecule has 1 saturated heterocycles. The third-order valence-corrected chi connectivity index (χ3v) is 4.08. The maximum atomic E-state index is 4.38. The summed E-state index contributed by atoms with van der Waals surface area (Å²) in [5.74, 6) is 0. The molecule has 0 saturated carbocycles. The van der Waals surface area contributed by atoms with Crippen LogP contribution in [-0.4, -0.2) is 22.1 Å². The Morgan fingerprint density at radius 2 is 2.16 bits per heavy atom. The summed E-state index contributed by atoms with van der Waals surface area (Å²) < 4.78 is 2.36. The SMILES string of the molecule is Cc1ccccc1-c1cncn1C1CCNC(C)C1. The monoisotopic (exact) mass is 255 g/mol. The maximum absolute atomic E-state index is 4.38. The van der Waals surface area contributed by atoms with E-state index in [2.05, 4.69) is 53.0 Å². The fourth-order valence-corrected chi connectivity index (χ4v) is 3.02. The molecule has 3 heteroatoms. The van der Waals surface area contributed by atoms with Crippen molar-refractivity contribution >= 4 is 0 Å². The van der Waals surface area contributed by atoms with Crippen molar-refractivity contribution in [2.45, 2.75) is 38.8 Å². The van der Waals surface area contributed by atoms with Gasteiger partial charge in [0, 0.05) is 17.6 Å². The molecule has 1 fully saturated rings.